The lowest BCUT2D eigenvalue weighted by atomic mass is 10.3. The van der Waals surface area contributed by atoms with Crippen LogP contribution in [0.1, 0.15) is 5.82 Å². The Kier molecular flexibility index (Phi) is 2.51. The molecule has 0 saturated carbocycles. The van der Waals surface area contributed by atoms with Gasteiger partial charge in [0, 0.05) is 26.2 Å². The summed E-state index contributed by atoms with van der Waals surface area (Å²) in [5.74, 6) is 0.810. The van der Waals surface area contributed by atoms with Crippen LogP contribution in [-0.4, -0.2) is 51.3 Å². The van der Waals surface area contributed by atoms with Crippen LogP contribution >= 0.6 is 0 Å². The van der Waals surface area contributed by atoms with Crippen molar-refractivity contribution in [1.29, 1.82) is 0 Å². The number of hydrogen-bond donors (Lipinski definition) is 1. The third-order valence-electron chi connectivity index (χ3n) is 2.12. The molecule has 1 aromatic heterocycles. The summed E-state index contributed by atoms with van der Waals surface area (Å²) in [5.41, 5.74) is 0. The Morgan fingerprint density at radius 2 is 2.15 bits per heavy atom. The molecule has 6 heteroatoms. The van der Waals surface area contributed by atoms with Crippen molar-refractivity contribution in [1.82, 2.24) is 30.4 Å². The summed E-state index contributed by atoms with van der Waals surface area (Å²) in [6.07, 6.45) is 0. The van der Waals surface area contributed by atoms with E-state index in [1.165, 1.54) is 4.80 Å². The molecule has 0 spiro atoms. The fourth-order valence-electron chi connectivity index (χ4n) is 1.46. The normalized spacial score (nSPS) is 19.2. The van der Waals surface area contributed by atoms with Gasteiger partial charge in [0.2, 0.25) is 0 Å². The van der Waals surface area contributed by atoms with E-state index >= 15 is 0 Å². The molecule has 1 aromatic rings. The first kappa shape index (κ1) is 8.58. The average molecular weight is 182 g/mol. The van der Waals surface area contributed by atoms with E-state index in [-0.39, 0.29) is 0 Å². The van der Waals surface area contributed by atoms with Crippen LogP contribution in [-0.2, 0) is 13.6 Å². The Morgan fingerprint density at radius 3 is 2.77 bits per heavy atom. The van der Waals surface area contributed by atoms with Crippen molar-refractivity contribution < 1.29 is 0 Å². The van der Waals surface area contributed by atoms with Gasteiger partial charge >= 0.3 is 0 Å². The summed E-state index contributed by atoms with van der Waals surface area (Å²) in [7, 11) is 1.79. The van der Waals surface area contributed by atoms with Gasteiger partial charge in [0.1, 0.15) is 0 Å². The molecule has 1 fully saturated rings. The molecule has 0 unspecified atom stereocenters. The number of aryl methyl sites for hydroxylation is 1. The van der Waals surface area contributed by atoms with Crippen LogP contribution in [0.15, 0.2) is 0 Å². The molecular formula is C7H14N6. The first-order valence-corrected chi connectivity index (χ1v) is 4.50. The molecule has 72 valence electrons. The van der Waals surface area contributed by atoms with E-state index in [1.807, 2.05) is 0 Å². The number of piperazine rings is 1. The van der Waals surface area contributed by atoms with Gasteiger partial charge in [-0.1, -0.05) is 0 Å². The molecule has 13 heavy (non-hydrogen) atoms. The molecule has 0 amide bonds. The van der Waals surface area contributed by atoms with Gasteiger partial charge < -0.3 is 5.32 Å². The first-order valence-electron chi connectivity index (χ1n) is 4.50. The van der Waals surface area contributed by atoms with Crippen molar-refractivity contribution in [2.75, 3.05) is 26.2 Å². The Bertz CT molecular complexity index is 264. The minimum absolute atomic E-state index is 0.810. The monoisotopic (exact) mass is 182 g/mol. The van der Waals surface area contributed by atoms with E-state index in [1.54, 1.807) is 7.05 Å². The number of nitrogens with one attached hydrogen (secondary N) is 1. The highest BCUT2D eigenvalue weighted by Gasteiger charge is 2.11. The van der Waals surface area contributed by atoms with E-state index in [0.29, 0.717) is 0 Å². The number of rotatable bonds is 2. The molecule has 0 atom stereocenters. The predicted octanol–water partition coefficient (Wildman–Crippen LogP) is -1.38. The summed E-state index contributed by atoms with van der Waals surface area (Å²) < 4.78 is 0. The SMILES string of the molecule is Cn1nnc(CN2CCNCC2)n1. The van der Waals surface area contributed by atoms with Crippen LogP contribution in [0.25, 0.3) is 0 Å². The van der Waals surface area contributed by atoms with Crippen LogP contribution in [0.4, 0.5) is 0 Å². The van der Waals surface area contributed by atoms with Gasteiger partial charge in [0.15, 0.2) is 5.82 Å². The highest BCUT2D eigenvalue weighted by Crippen LogP contribution is 1.97. The zero-order chi connectivity index (χ0) is 9.10. The van der Waals surface area contributed by atoms with Crippen molar-refractivity contribution in [3.63, 3.8) is 0 Å². The van der Waals surface area contributed by atoms with Gasteiger partial charge in [0.05, 0.1) is 13.6 Å². The second-order valence-corrected chi connectivity index (χ2v) is 3.22. The van der Waals surface area contributed by atoms with Crippen molar-refractivity contribution in [3.8, 4) is 0 Å². The van der Waals surface area contributed by atoms with Crippen molar-refractivity contribution >= 4 is 0 Å². The summed E-state index contributed by atoms with van der Waals surface area (Å²) >= 11 is 0. The van der Waals surface area contributed by atoms with Gasteiger partial charge in [-0.05, 0) is 5.21 Å². The molecule has 1 N–H and O–H groups in total. The molecule has 0 radical (unpaired) electrons. The zero-order valence-corrected chi connectivity index (χ0v) is 7.77. The van der Waals surface area contributed by atoms with Crippen LogP contribution in [0.5, 0.6) is 0 Å². The second-order valence-electron chi connectivity index (χ2n) is 3.22. The lowest BCUT2D eigenvalue weighted by Gasteiger charge is -2.25. The second kappa shape index (κ2) is 3.80. The highest BCUT2D eigenvalue weighted by atomic mass is 15.6. The Morgan fingerprint density at radius 1 is 1.38 bits per heavy atom. The minimum Gasteiger partial charge on any atom is -0.314 e. The van der Waals surface area contributed by atoms with Crippen LogP contribution in [0.3, 0.4) is 0 Å². The topological polar surface area (TPSA) is 58.9 Å². The summed E-state index contributed by atoms with van der Waals surface area (Å²) in [4.78, 5) is 3.82. The molecule has 2 rings (SSSR count). The minimum atomic E-state index is 0.810. The smallest absolute Gasteiger partial charge is 0.188 e. The molecule has 6 nitrogen and oxygen atoms in total. The number of nitrogens with zero attached hydrogens (tertiary/aromatic N) is 5. The Labute approximate surface area is 76.9 Å². The van der Waals surface area contributed by atoms with E-state index in [9.17, 15) is 0 Å². The van der Waals surface area contributed by atoms with E-state index < -0.39 is 0 Å². The number of aromatic nitrogens is 4. The third-order valence-corrected chi connectivity index (χ3v) is 2.12. The van der Waals surface area contributed by atoms with E-state index in [4.69, 9.17) is 0 Å². The first-order chi connectivity index (χ1) is 6.34. The maximum atomic E-state index is 4.14. The molecule has 1 aliphatic heterocycles. The quantitative estimate of drug-likeness (QED) is 0.610. The molecule has 0 aliphatic carbocycles. The number of hydrogen-bond acceptors (Lipinski definition) is 5. The van der Waals surface area contributed by atoms with Crippen molar-refractivity contribution in [2.24, 2.45) is 7.05 Å². The molecule has 1 aliphatic rings. The lowest BCUT2D eigenvalue weighted by molar-refractivity contribution is 0.227. The van der Waals surface area contributed by atoms with Gasteiger partial charge in [-0.25, -0.2) is 0 Å². The van der Waals surface area contributed by atoms with Crippen LogP contribution in [0, 0.1) is 0 Å². The fraction of sp³-hybridized carbons (Fsp3) is 0.857. The highest BCUT2D eigenvalue weighted by molar-refractivity contribution is 4.79. The Hall–Kier alpha value is -1.01. The van der Waals surface area contributed by atoms with Crippen LogP contribution < -0.4 is 5.32 Å². The summed E-state index contributed by atoms with van der Waals surface area (Å²) in [6, 6.07) is 0. The van der Waals surface area contributed by atoms with Gasteiger partial charge in [-0.2, -0.15) is 4.80 Å². The van der Waals surface area contributed by atoms with Crippen molar-refractivity contribution in [3.05, 3.63) is 5.82 Å². The third kappa shape index (κ3) is 2.22. The van der Waals surface area contributed by atoms with Gasteiger partial charge in [-0.3, -0.25) is 4.90 Å². The zero-order valence-electron chi connectivity index (χ0n) is 7.77. The predicted molar refractivity (Wildman–Crippen MR) is 46.9 cm³/mol. The standard InChI is InChI=1S/C7H14N6/c1-12-10-7(9-11-12)6-13-4-2-8-3-5-13/h8H,2-6H2,1H3. The van der Waals surface area contributed by atoms with Crippen molar-refractivity contribution in [2.45, 2.75) is 6.54 Å². The molecule has 1 saturated heterocycles. The molecule has 0 bridgehead atoms. The molecule has 2 heterocycles. The maximum absolute atomic E-state index is 4.14. The molecular weight excluding hydrogens is 168 g/mol. The Balaban J connectivity index is 1.89. The van der Waals surface area contributed by atoms with Gasteiger partial charge in [-0.15, -0.1) is 10.2 Å². The summed E-state index contributed by atoms with van der Waals surface area (Å²) in [6.45, 7) is 5.06. The average Bonchev–Trinajstić information content (AvgIpc) is 2.53. The van der Waals surface area contributed by atoms with E-state index in [2.05, 4.69) is 25.6 Å². The van der Waals surface area contributed by atoms with Crippen LogP contribution in [0.2, 0.25) is 0 Å². The maximum Gasteiger partial charge on any atom is 0.188 e. The molecule has 0 aromatic carbocycles. The lowest BCUT2D eigenvalue weighted by Crippen LogP contribution is -2.43. The summed E-state index contributed by atoms with van der Waals surface area (Å²) in [5, 5.41) is 15.2. The van der Waals surface area contributed by atoms with E-state index in [0.717, 1.165) is 38.5 Å². The van der Waals surface area contributed by atoms with Gasteiger partial charge in [0.25, 0.3) is 0 Å². The number of tetrazole rings is 1. The fourth-order valence-corrected chi connectivity index (χ4v) is 1.46. The largest absolute Gasteiger partial charge is 0.314 e.